The van der Waals surface area contributed by atoms with Crippen LogP contribution in [0.5, 0.6) is 5.75 Å². The third kappa shape index (κ3) is 4.92. The zero-order valence-electron chi connectivity index (χ0n) is 8.39. The van der Waals surface area contributed by atoms with Gasteiger partial charge in [0.05, 0.1) is 5.69 Å². The van der Waals surface area contributed by atoms with Gasteiger partial charge < -0.3 is 10.2 Å². The molecule has 1 rings (SSSR count). The molecule has 102 valence electrons. The number of anilines is 1. The second-order valence-electron chi connectivity index (χ2n) is 2.90. The van der Waals surface area contributed by atoms with Crippen LogP contribution in [0.4, 0.5) is 32.0 Å². The number of hydrogen-bond acceptors (Lipinski definition) is 4. The van der Waals surface area contributed by atoms with Crippen molar-refractivity contribution in [2.24, 2.45) is 5.84 Å². The van der Waals surface area contributed by atoms with E-state index < -0.39 is 29.4 Å². The van der Waals surface area contributed by atoms with Gasteiger partial charge >= 0.3 is 11.9 Å². The largest absolute Gasteiger partial charge is 0.573 e. The zero-order valence-corrected chi connectivity index (χ0v) is 9.21. The molecule has 18 heavy (non-hydrogen) atoms. The van der Waals surface area contributed by atoms with Gasteiger partial charge in [0, 0.05) is 11.0 Å². The van der Waals surface area contributed by atoms with Crippen molar-refractivity contribution in [3.63, 3.8) is 0 Å². The van der Waals surface area contributed by atoms with Crippen LogP contribution in [0.2, 0.25) is 0 Å². The first-order chi connectivity index (χ1) is 8.11. The molecule has 1 aromatic rings. The zero-order chi connectivity index (χ0) is 14.0. The van der Waals surface area contributed by atoms with Crippen LogP contribution in [-0.4, -0.2) is 11.9 Å². The minimum Gasteiger partial charge on any atom is -0.406 e. The lowest BCUT2D eigenvalue weighted by atomic mass is 10.3. The number of ether oxygens (including phenoxy) is 1. The van der Waals surface area contributed by atoms with Crippen LogP contribution < -0.4 is 16.0 Å². The van der Waals surface area contributed by atoms with Crippen LogP contribution in [0.1, 0.15) is 0 Å². The number of alkyl halides is 6. The molecular weight excluding hydrogens is 286 g/mol. The fraction of sp³-hybridized carbons (Fsp3) is 0.250. The Hall–Kier alpha value is -1.29. The Morgan fingerprint density at radius 1 is 1.11 bits per heavy atom. The first kappa shape index (κ1) is 14.8. The topological polar surface area (TPSA) is 47.3 Å². The van der Waals surface area contributed by atoms with Crippen LogP contribution in [0.15, 0.2) is 23.1 Å². The lowest BCUT2D eigenvalue weighted by molar-refractivity contribution is -0.274. The second-order valence-corrected chi connectivity index (χ2v) is 4.00. The third-order valence-electron chi connectivity index (χ3n) is 1.57. The van der Waals surface area contributed by atoms with E-state index in [1.165, 1.54) is 0 Å². The molecule has 3 N–H and O–H groups in total. The highest BCUT2D eigenvalue weighted by molar-refractivity contribution is 8.00. The molecule has 0 radical (unpaired) electrons. The first-order valence-corrected chi connectivity index (χ1v) is 5.04. The van der Waals surface area contributed by atoms with Crippen molar-refractivity contribution in [3.8, 4) is 5.75 Å². The van der Waals surface area contributed by atoms with E-state index >= 15 is 0 Å². The van der Waals surface area contributed by atoms with Crippen LogP contribution >= 0.6 is 11.8 Å². The molecule has 0 aliphatic carbocycles. The molecule has 0 bridgehead atoms. The van der Waals surface area contributed by atoms with E-state index in [2.05, 4.69) is 4.74 Å². The van der Waals surface area contributed by atoms with Gasteiger partial charge in [0.1, 0.15) is 5.75 Å². The molecular formula is C8H6F6N2OS. The Morgan fingerprint density at radius 2 is 1.72 bits per heavy atom. The molecule has 0 saturated heterocycles. The van der Waals surface area contributed by atoms with Crippen molar-refractivity contribution in [1.82, 2.24) is 0 Å². The Balaban J connectivity index is 2.97. The van der Waals surface area contributed by atoms with Crippen LogP contribution in [0.25, 0.3) is 0 Å². The summed E-state index contributed by atoms with van der Waals surface area (Å²) in [6, 6.07) is 2.32. The summed E-state index contributed by atoms with van der Waals surface area (Å²) in [6.45, 7) is 0. The van der Waals surface area contributed by atoms with Gasteiger partial charge in [-0.25, -0.2) is 0 Å². The molecule has 0 atom stereocenters. The van der Waals surface area contributed by atoms with Crippen LogP contribution in [-0.2, 0) is 0 Å². The summed E-state index contributed by atoms with van der Waals surface area (Å²) in [5, 5.41) is 0. The van der Waals surface area contributed by atoms with Gasteiger partial charge in [-0.05, 0) is 23.9 Å². The lowest BCUT2D eigenvalue weighted by Gasteiger charge is -2.13. The van der Waals surface area contributed by atoms with Gasteiger partial charge in [0.25, 0.3) is 0 Å². The molecule has 0 heterocycles. The van der Waals surface area contributed by atoms with E-state index in [0.717, 1.165) is 18.2 Å². The third-order valence-corrected chi connectivity index (χ3v) is 2.37. The lowest BCUT2D eigenvalue weighted by Crippen LogP contribution is -2.17. The van der Waals surface area contributed by atoms with Gasteiger partial charge in [0.2, 0.25) is 0 Å². The summed E-state index contributed by atoms with van der Waals surface area (Å²) < 4.78 is 75.5. The van der Waals surface area contributed by atoms with Crippen LogP contribution in [0.3, 0.4) is 0 Å². The summed E-state index contributed by atoms with van der Waals surface area (Å²) in [6.07, 6.45) is -4.93. The van der Waals surface area contributed by atoms with E-state index in [4.69, 9.17) is 5.84 Å². The van der Waals surface area contributed by atoms with Gasteiger partial charge in [-0.1, -0.05) is 0 Å². The Bertz CT molecular complexity index is 419. The van der Waals surface area contributed by atoms with E-state index in [0.29, 0.717) is 0 Å². The molecule has 0 fully saturated rings. The Kier molecular flexibility index (Phi) is 4.22. The molecule has 0 aliphatic rings. The maximum absolute atomic E-state index is 12.1. The molecule has 0 aromatic heterocycles. The number of nitrogens with two attached hydrogens (primary N) is 1. The highest BCUT2D eigenvalue weighted by Gasteiger charge is 2.33. The Labute approximate surface area is 101 Å². The highest BCUT2D eigenvalue weighted by Crippen LogP contribution is 2.41. The van der Waals surface area contributed by atoms with Crippen molar-refractivity contribution in [3.05, 3.63) is 18.2 Å². The van der Waals surface area contributed by atoms with E-state index in [1.807, 2.05) is 5.43 Å². The highest BCUT2D eigenvalue weighted by atomic mass is 32.2. The number of hydrogen-bond donors (Lipinski definition) is 2. The quantitative estimate of drug-likeness (QED) is 0.387. The molecule has 0 aliphatic heterocycles. The van der Waals surface area contributed by atoms with Gasteiger partial charge in [-0.3, -0.25) is 5.84 Å². The molecule has 0 unspecified atom stereocenters. The van der Waals surface area contributed by atoms with E-state index in [-0.39, 0.29) is 10.6 Å². The normalized spacial score (nSPS) is 12.4. The summed E-state index contributed by atoms with van der Waals surface area (Å²) in [4.78, 5) is -0.362. The number of hydrazine groups is 1. The van der Waals surface area contributed by atoms with Crippen molar-refractivity contribution in [2.45, 2.75) is 16.8 Å². The predicted molar refractivity (Wildman–Crippen MR) is 52.8 cm³/mol. The molecule has 10 heteroatoms. The number of halogens is 6. The summed E-state index contributed by atoms with van der Waals surface area (Å²) in [5.74, 6) is 4.27. The van der Waals surface area contributed by atoms with E-state index in [9.17, 15) is 26.3 Å². The molecule has 0 spiro atoms. The van der Waals surface area contributed by atoms with Crippen molar-refractivity contribution < 1.29 is 31.1 Å². The molecule has 1 aromatic carbocycles. The summed E-state index contributed by atoms with van der Waals surface area (Å²) in [7, 11) is 0. The number of rotatable bonds is 3. The number of nitrogens with one attached hydrogen (secondary N) is 1. The average Bonchev–Trinajstić information content (AvgIpc) is 2.16. The minimum atomic E-state index is -4.93. The molecule has 3 nitrogen and oxygen atoms in total. The monoisotopic (exact) mass is 292 g/mol. The van der Waals surface area contributed by atoms with Crippen LogP contribution in [0, 0.1) is 0 Å². The maximum atomic E-state index is 12.1. The minimum absolute atomic E-state index is 0.320. The van der Waals surface area contributed by atoms with Gasteiger partial charge in [-0.15, -0.1) is 13.2 Å². The summed E-state index contributed by atoms with van der Waals surface area (Å²) >= 11 is -0.501. The van der Waals surface area contributed by atoms with Crippen molar-refractivity contribution >= 4 is 17.4 Å². The Morgan fingerprint density at radius 3 is 2.17 bits per heavy atom. The second kappa shape index (κ2) is 5.14. The SMILES string of the molecule is NNc1cc(OC(F)(F)F)ccc1SC(F)(F)F. The summed E-state index contributed by atoms with van der Waals surface area (Å²) in [5.41, 5.74) is -3.02. The van der Waals surface area contributed by atoms with Crippen molar-refractivity contribution in [1.29, 1.82) is 0 Å². The average molecular weight is 292 g/mol. The maximum Gasteiger partial charge on any atom is 0.573 e. The van der Waals surface area contributed by atoms with Gasteiger partial charge in [0.15, 0.2) is 0 Å². The fourth-order valence-corrected chi connectivity index (χ4v) is 1.65. The first-order valence-electron chi connectivity index (χ1n) is 4.23. The predicted octanol–water partition coefficient (Wildman–Crippen LogP) is 3.48. The fourth-order valence-electron chi connectivity index (χ4n) is 1.03. The number of benzene rings is 1. The smallest absolute Gasteiger partial charge is 0.406 e. The number of thioether (sulfide) groups is 1. The molecule has 0 amide bonds. The number of nitrogen functional groups attached to an aromatic ring is 1. The standard InChI is InChI=1S/C8H6F6N2OS/c9-7(10,11)17-4-1-2-6(5(3-4)16-15)18-8(12,13)14/h1-3,16H,15H2. The van der Waals surface area contributed by atoms with E-state index in [1.54, 1.807) is 0 Å². The van der Waals surface area contributed by atoms with Gasteiger partial charge in [-0.2, -0.15) is 13.2 Å². The molecule has 0 saturated carbocycles. The van der Waals surface area contributed by atoms with Crippen molar-refractivity contribution in [2.75, 3.05) is 5.43 Å².